The van der Waals surface area contributed by atoms with Crippen molar-refractivity contribution < 1.29 is 19.4 Å². The smallest absolute Gasteiger partial charge is 0.338 e. The highest BCUT2D eigenvalue weighted by Crippen LogP contribution is 2.22. The highest BCUT2D eigenvalue weighted by molar-refractivity contribution is 5.91. The summed E-state index contributed by atoms with van der Waals surface area (Å²) in [6.45, 7) is 0.598. The largest absolute Gasteiger partial charge is 0.495 e. The van der Waals surface area contributed by atoms with E-state index in [1.165, 1.54) is 7.11 Å². The fourth-order valence-electron chi connectivity index (χ4n) is 1.68. The van der Waals surface area contributed by atoms with Gasteiger partial charge in [0.1, 0.15) is 5.75 Å². The minimum Gasteiger partial charge on any atom is -0.495 e. The SMILES string of the molecule is COc1ccc(C(=O)OCCCCCCO)cc1N. The lowest BCUT2D eigenvalue weighted by atomic mass is 10.2. The molecule has 0 atom stereocenters. The first kappa shape index (κ1) is 15.3. The van der Waals surface area contributed by atoms with Gasteiger partial charge in [0.15, 0.2) is 0 Å². The number of esters is 1. The van der Waals surface area contributed by atoms with E-state index in [1.807, 2.05) is 0 Å². The van der Waals surface area contributed by atoms with Crippen LogP contribution in [0.2, 0.25) is 0 Å². The topological polar surface area (TPSA) is 81.8 Å². The van der Waals surface area contributed by atoms with Gasteiger partial charge in [-0.1, -0.05) is 6.42 Å². The number of hydrogen-bond acceptors (Lipinski definition) is 5. The third-order valence-electron chi connectivity index (χ3n) is 2.75. The molecule has 1 aromatic carbocycles. The van der Waals surface area contributed by atoms with Gasteiger partial charge in [0.2, 0.25) is 0 Å². The molecule has 0 fully saturated rings. The standard InChI is InChI=1S/C14H21NO4/c1-18-13-7-6-11(10-12(13)15)14(17)19-9-5-3-2-4-8-16/h6-7,10,16H,2-5,8-9,15H2,1H3. The molecular formula is C14H21NO4. The molecule has 0 unspecified atom stereocenters. The van der Waals surface area contributed by atoms with E-state index in [0.29, 0.717) is 23.6 Å². The van der Waals surface area contributed by atoms with E-state index in [-0.39, 0.29) is 12.6 Å². The van der Waals surface area contributed by atoms with Gasteiger partial charge in [-0.2, -0.15) is 0 Å². The van der Waals surface area contributed by atoms with Crippen molar-refractivity contribution in [2.75, 3.05) is 26.1 Å². The van der Waals surface area contributed by atoms with Crippen LogP contribution < -0.4 is 10.5 Å². The molecule has 0 aliphatic rings. The Hall–Kier alpha value is -1.75. The number of rotatable bonds is 8. The summed E-state index contributed by atoms with van der Waals surface area (Å²) < 4.78 is 10.2. The van der Waals surface area contributed by atoms with E-state index in [2.05, 4.69) is 0 Å². The highest BCUT2D eigenvalue weighted by Gasteiger charge is 2.09. The number of aliphatic hydroxyl groups is 1. The Balaban J connectivity index is 2.35. The van der Waals surface area contributed by atoms with Crippen molar-refractivity contribution in [3.05, 3.63) is 23.8 Å². The molecule has 106 valence electrons. The van der Waals surface area contributed by atoms with Crippen molar-refractivity contribution in [2.24, 2.45) is 0 Å². The zero-order chi connectivity index (χ0) is 14.1. The van der Waals surface area contributed by atoms with Gasteiger partial charge in [-0.05, 0) is 37.5 Å². The molecule has 5 nitrogen and oxygen atoms in total. The number of carbonyl (C=O) groups excluding carboxylic acids is 1. The van der Waals surface area contributed by atoms with Gasteiger partial charge in [0.25, 0.3) is 0 Å². The van der Waals surface area contributed by atoms with Crippen LogP contribution in [-0.4, -0.2) is 31.4 Å². The van der Waals surface area contributed by atoms with Crippen molar-refractivity contribution in [3.63, 3.8) is 0 Å². The molecule has 1 aromatic rings. The second kappa shape index (κ2) is 8.37. The Kier molecular flexibility index (Phi) is 6.74. The number of carbonyl (C=O) groups is 1. The van der Waals surface area contributed by atoms with Crippen LogP contribution >= 0.6 is 0 Å². The lowest BCUT2D eigenvalue weighted by Gasteiger charge is -2.07. The zero-order valence-electron chi connectivity index (χ0n) is 11.2. The van der Waals surface area contributed by atoms with Crippen molar-refractivity contribution in [2.45, 2.75) is 25.7 Å². The average molecular weight is 267 g/mol. The van der Waals surface area contributed by atoms with Crippen LogP contribution in [0, 0.1) is 0 Å². The monoisotopic (exact) mass is 267 g/mol. The zero-order valence-corrected chi connectivity index (χ0v) is 11.2. The third-order valence-corrected chi connectivity index (χ3v) is 2.75. The summed E-state index contributed by atoms with van der Waals surface area (Å²) in [4.78, 5) is 11.7. The van der Waals surface area contributed by atoms with Crippen molar-refractivity contribution in [3.8, 4) is 5.75 Å². The number of unbranched alkanes of at least 4 members (excludes halogenated alkanes) is 3. The van der Waals surface area contributed by atoms with Gasteiger partial charge in [-0.15, -0.1) is 0 Å². The molecule has 0 bridgehead atoms. The van der Waals surface area contributed by atoms with E-state index in [0.717, 1.165) is 25.7 Å². The van der Waals surface area contributed by atoms with Gasteiger partial charge in [0.05, 0.1) is 25.0 Å². The number of benzene rings is 1. The molecule has 1 rings (SSSR count). The van der Waals surface area contributed by atoms with Crippen LogP contribution in [-0.2, 0) is 4.74 Å². The van der Waals surface area contributed by atoms with Crippen molar-refractivity contribution >= 4 is 11.7 Å². The maximum atomic E-state index is 11.7. The summed E-state index contributed by atoms with van der Waals surface area (Å²) in [5.41, 5.74) is 6.56. The van der Waals surface area contributed by atoms with Crippen molar-refractivity contribution in [1.82, 2.24) is 0 Å². The van der Waals surface area contributed by atoms with E-state index in [4.69, 9.17) is 20.3 Å². The number of nitrogen functional groups attached to an aromatic ring is 1. The lowest BCUT2D eigenvalue weighted by molar-refractivity contribution is 0.0497. The minimum absolute atomic E-state index is 0.213. The quantitative estimate of drug-likeness (QED) is 0.427. The molecule has 5 heteroatoms. The Morgan fingerprint density at radius 2 is 2.00 bits per heavy atom. The molecule has 0 amide bonds. The number of hydrogen-bond donors (Lipinski definition) is 2. The number of ether oxygens (including phenoxy) is 2. The molecule has 19 heavy (non-hydrogen) atoms. The second-order valence-electron chi connectivity index (χ2n) is 4.23. The summed E-state index contributed by atoms with van der Waals surface area (Å²) in [6.07, 6.45) is 3.49. The van der Waals surface area contributed by atoms with Crippen LogP contribution in [0.5, 0.6) is 5.75 Å². The first-order chi connectivity index (χ1) is 9.19. The lowest BCUT2D eigenvalue weighted by Crippen LogP contribution is -2.07. The molecule has 0 heterocycles. The molecule has 0 saturated heterocycles. The Bertz CT molecular complexity index is 406. The Morgan fingerprint density at radius 1 is 1.26 bits per heavy atom. The van der Waals surface area contributed by atoms with E-state index >= 15 is 0 Å². The van der Waals surface area contributed by atoms with Gasteiger partial charge in [0, 0.05) is 6.61 Å². The van der Waals surface area contributed by atoms with E-state index in [1.54, 1.807) is 18.2 Å². The van der Waals surface area contributed by atoms with Crippen LogP contribution in [0.1, 0.15) is 36.0 Å². The average Bonchev–Trinajstić information content (AvgIpc) is 2.42. The molecule has 0 radical (unpaired) electrons. The second-order valence-corrected chi connectivity index (χ2v) is 4.23. The Morgan fingerprint density at radius 3 is 2.63 bits per heavy atom. The maximum Gasteiger partial charge on any atom is 0.338 e. The normalized spacial score (nSPS) is 10.2. The number of methoxy groups -OCH3 is 1. The fourth-order valence-corrected chi connectivity index (χ4v) is 1.68. The molecular weight excluding hydrogens is 246 g/mol. The van der Waals surface area contributed by atoms with E-state index in [9.17, 15) is 4.79 Å². The van der Waals surface area contributed by atoms with E-state index < -0.39 is 0 Å². The predicted octanol–water partition coefficient (Wildman–Crippen LogP) is 1.99. The summed E-state index contributed by atoms with van der Waals surface area (Å²) in [6, 6.07) is 4.82. The van der Waals surface area contributed by atoms with Gasteiger partial charge in [-0.3, -0.25) is 0 Å². The van der Waals surface area contributed by atoms with Crippen LogP contribution in [0.3, 0.4) is 0 Å². The predicted molar refractivity (Wildman–Crippen MR) is 73.2 cm³/mol. The summed E-state index contributed by atoms with van der Waals surface area (Å²) in [5, 5.41) is 8.62. The molecule has 0 spiro atoms. The molecule has 3 N–H and O–H groups in total. The first-order valence-corrected chi connectivity index (χ1v) is 6.40. The molecule has 0 aromatic heterocycles. The van der Waals surface area contributed by atoms with Crippen LogP contribution in [0.4, 0.5) is 5.69 Å². The van der Waals surface area contributed by atoms with Gasteiger partial charge < -0.3 is 20.3 Å². The first-order valence-electron chi connectivity index (χ1n) is 6.40. The fraction of sp³-hybridized carbons (Fsp3) is 0.500. The molecule has 0 aliphatic carbocycles. The number of anilines is 1. The van der Waals surface area contributed by atoms with Crippen LogP contribution in [0.25, 0.3) is 0 Å². The maximum absolute atomic E-state index is 11.7. The Labute approximate surface area is 113 Å². The summed E-state index contributed by atoms with van der Waals surface area (Å²) >= 11 is 0. The summed E-state index contributed by atoms with van der Waals surface area (Å²) in [5.74, 6) is 0.164. The number of nitrogens with two attached hydrogens (primary N) is 1. The summed E-state index contributed by atoms with van der Waals surface area (Å²) in [7, 11) is 1.52. The highest BCUT2D eigenvalue weighted by atomic mass is 16.5. The molecule has 0 aliphatic heterocycles. The van der Waals surface area contributed by atoms with Crippen molar-refractivity contribution in [1.29, 1.82) is 0 Å². The number of aliphatic hydroxyl groups excluding tert-OH is 1. The molecule has 0 saturated carbocycles. The van der Waals surface area contributed by atoms with Gasteiger partial charge in [-0.25, -0.2) is 4.79 Å². The van der Waals surface area contributed by atoms with Gasteiger partial charge >= 0.3 is 5.97 Å². The third kappa shape index (κ3) is 5.18. The minimum atomic E-state index is -0.378. The van der Waals surface area contributed by atoms with Crippen LogP contribution in [0.15, 0.2) is 18.2 Å².